The van der Waals surface area contributed by atoms with E-state index in [1.165, 1.54) is 20.8 Å². The number of carbonyl (C=O) groups is 3. The summed E-state index contributed by atoms with van der Waals surface area (Å²) < 4.78 is 15.4. The van der Waals surface area contributed by atoms with Gasteiger partial charge in [0, 0.05) is 26.6 Å². The molecule has 0 fully saturated rings. The number of aliphatic hydroxyl groups is 1. The van der Waals surface area contributed by atoms with Crippen LogP contribution in [-0.2, 0) is 28.6 Å². The van der Waals surface area contributed by atoms with Crippen LogP contribution in [0.5, 0.6) is 0 Å². The van der Waals surface area contributed by atoms with Crippen molar-refractivity contribution < 1.29 is 33.7 Å². The molecule has 0 spiro atoms. The second-order valence-electron chi connectivity index (χ2n) is 7.53. The van der Waals surface area contributed by atoms with Gasteiger partial charge in [-0.25, -0.2) is 4.79 Å². The minimum Gasteiger partial charge on any atom is -0.466 e. The first-order valence-corrected chi connectivity index (χ1v) is 8.79. The van der Waals surface area contributed by atoms with E-state index in [1.807, 2.05) is 0 Å². The van der Waals surface area contributed by atoms with Crippen molar-refractivity contribution in [1.29, 1.82) is 0 Å². The topological polar surface area (TPSA) is 102 Å². The van der Waals surface area contributed by atoms with Gasteiger partial charge in [0.05, 0.1) is 13.2 Å². The van der Waals surface area contributed by atoms with E-state index in [-0.39, 0.29) is 25.7 Å². The third kappa shape index (κ3) is 11.8. The van der Waals surface area contributed by atoms with E-state index < -0.39 is 23.1 Å². The van der Waals surface area contributed by atoms with Crippen LogP contribution in [-0.4, -0.2) is 72.0 Å². The summed E-state index contributed by atoms with van der Waals surface area (Å²) in [6.45, 7) is 10.7. The van der Waals surface area contributed by atoms with Crippen LogP contribution in [0.15, 0.2) is 0 Å². The maximum Gasteiger partial charge on any atom is 0.350 e. The summed E-state index contributed by atoms with van der Waals surface area (Å²) in [5, 5.41) is 8.99. The van der Waals surface area contributed by atoms with Crippen LogP contribution in [0.4, 0.5) is 0 Å². The first kappa shape index (κ1) is 24.3. The molecule has 0 heterocycles. The van der Waals surface area contributed by atoms with E-state index in [9.17, 15) is 14.4 Å². The van der Waals surface area contributed by atoms with E-state index in [1.54, 1.807) is 25.7 Å². The average Bonchev–Trinajstić information content (AvgIpc) is 2.46. The number of carbonyl (C=O) groups excluding carboxylic acids is 3. The Morgan fingerprint density at radius 1 is 0.962 bits per heavy atom. The maximum atomic E-state index is 12.2. The van der Waals surface area contributed by atoms with Crippen LogP contribution in [0.25, 0.3) is 0 Å². The van der Waals surface area contributed by atoms with E-state index in [0.29, 0.717) is 25.9 Å². The first-order chi connectivity index (χ1) is 11.9. The van der Waals surface area contributed by atoms with Gasteiger partial charge in [-0.3, -0.25) is 14.5 Å². The molecular weight excluding hydrogens is 342 g/mol. The van der Waals surface area contributed by atoms with Gasteiger partial charge in [-0.05, 0) is 47.5 Å². The Morgan fingerprint density at radius 2 is 1.54 bits per heavy atom. The molecule has 0 aliphatic heterocycles. The molecule has 0 rings (SSSR count). The fourth-order valence-electron chi connectivity index (χ4n) is 2.01. The number of ether oxygens (including phenoxy) is 3. The normalized spacial score (nSPS) is 12.0. The second-order valence-corrected chi connectivity index (χ2v) is 7.53. The minimum absolute atomic E-state index is 0.00110. The number of rotatable bonds is 11. The van der Waals surface area contributed by atoms with Gasteiger partial charge in [0.2, 0.25) is 5.60 Å². The Bertz CT molecular complexity index is 469. The standard InChI is InChI=1S/C18H33NO7/c1-14(21)24-12-8-10-19(9-7-11-20)13-15(22)25-18(5,6)16(23)26-17(2,3)4/h20H,7-13H2,1-6H3. The number of esters is 3. The predicted octanol–water partition coefficient (Wildman–Crippen LogP) is 1.29. The van der Waals surface area contributed by atoms with Crippen molar-refractivity contribution >= 4 is 17.9 Å². The molecule has 1 N–H and O–H groups in total. The van der Waals surface area contributed by atoms with Crippen LogP contribution in [0, 0.1) is 0 Å². The van der Waals surface area contributed by atoms with Crippen LogP contribution in [0.1, 0.15) is 54.4 Å². The summed E-state index contributed by atoms with van der Waals surface area (Å²) in [6, 6.07) is 0. The highest BCUT2D eigenvalue weighted by atomic mass is 16.6. The molecule has 0 bridgehead atoms. The molecule has 8 heteroatoms. The van der Waals surface area contributed by atoms with E-state index in [2.05, 4.69) is 0 Å². The molecule has 0 aromatic rings. The highest BCUT2D eigenvalue weighted by Gasteiger charge is 2.36. The molecule has 0 aliphatic carbocycles. The zero-order chi connectivity index (χ0) is 20.4. The summed E-state index contributed by atoms with van der Waals surface area (Å²) in [7, 11) is 0. The Labute approximate surface area is 155 Å². The van der Waals surface area contributed by atoms with Crippen molar-refractivity contribution in [3.63, 3.8) is 0 Å². The Kier molecular flexibility index (Phi) is 10.4. The van der Waals surface area contributed by atoms with Crippen molar-refractivity contribution in [3.8, 4) is 0 Å². The molecule has 0 unspecified atom stereocenters. The summed E-state index contributed by atoms with van der Waals surface area (Å²) in [4.78, 5) is 36.9. The second kappa shape index (κ2) is 11.1. The Balaban J connectivity index is 4.61. The highest BCUT2D eigenvalue weighted by Crippen LogP contribution is 2.18. The van der Waals surface area contributed by atoms with Gasteiger partial charge in [0.1, 0.15) is 5.60 Å². The van der Waals surface area contributed by atoms with Gasteiger partial charge in [0.25, 0.3) is 0 Å². The van der Waals surface area contributed by atoms with Crippen molar-refractivity contribution in [2.45, 2.75) is 65.6 Å². The van der Waals surface area contributed by atoms with Crippen molar-refractivity contribution in [2.75, 3.05) is 32.8 Å². The maximum absolute atomic E-state index is 12.2. The summed E-state index contributed by atoms with van der Waals surface area (Å²) >= 11 is 0. The number of nitrogens with zero attached hydrogens (tertiary/aromatic N) is 1. The van der Waals surface area contributed by atoms with Crippen LogP contribution < -0.4 is 0 Å². The molecule has 8 nitrogen and oxygen atoms in total. The largest absolute Gasteiger partial charge is 0.466 e. The zero-order valence-electron chi connectivity index (χ0n) is 16.8. The molecule has 0 amide bonds. The van der Waals surface area contributed by atoms with Gasteiger partial charge < -0.3 is 19.3 Å². The molecule has 26 heavy (non-hydrogen) atoms. The number of aliphatic hydroxyl groups excluding tert-OH is 1. The summed E-state index contributed by atoms with van der Waals surface area (Å²) in [5.74, 6) is -1.54. The van der Waals surface area contributed by atoms with Crippen LogP contribution in [0.3, 0.4) is 0 Å². The molecule has 0 atom stereocenters. The monoisotopic (exact) mass is 375 g/mol. The third-order valence-corrected chi connectivity index (χ3v) is 3.17. The lowest BCUT2D eigenvalue weighted by Crippen LogP contribution is -2.44. The molecule has 0 saturated heterocycles. The Hall–Kier alpha value is -1.67. The molecule has 0 saturated carbocycles. The number of hydrogen-bond donors (Lipinski definition) is 1. The number of hydrogen-bond acceptors (Lipinski definition) is 8. The van der Waals surface area contributed by atoms with Crippen LogP contribution >= 0.6 is 0 Å². The smallest absolute Gasteiger partial charge is 0.350 e. The first-order valence-electron chi connectivity index (χ1n) is 8.79. The molecule has 0 aromatic carbocycles. The van der Waals surface area contributed by atoms with Gasteiger partial charge in [-0.15, -0.1) is 0 Å². The quantitative estimate of drug-likeness (QED) is 0.327. The summed E-state index contributed by atoms with van der Waals surface area (Å²) in [5.41, 5.74) is -2.07. The summed E-state index contributed by atoms with van der Waals surface area (Å²) in [6.07, 6.45) is 1.05. The van der Waals surface area contributed by atoms with E-state index >= 15 is 0 Å². The minimum atomic E-state index is -1.40. The molecule has 0 aromatic heterocycles. The molecule has 152 valence electrons. The van der Waals surface area contributed by atoms with Gasteiger partial charge in [0.15, 0.2) is 0 Å². The lowest BCUT2D eigenvalue weighted by molar-refractivity contribution is -0.187. The van der Waals surface area contributed by atoms with Gasteiger partial charge >= 0.3 is 17.9 Å². The fraction of sp³-hybridized carbons (Fsp3) is 0.833. The van der Waals surface area contributed by atoms with E-state index in [0.717, 1.165) is 0 Å². The zero-order valence-corrected chi connectivity index (χ0v) is 16.8. The lowest BCUT2D eigenvalue weighted by Gasteiger charge is -2.29. The van der Waals surface area contributed by atoms with Crippen LogP contribution in [0.2, 0.25) is 0 Å². The van der Waals surface area contributed by atoms with Gasteiger partial charge in [-0.1, -0.05) is 0 Å². The van der Waals surface area contributed by atoms with Gasteiger partial charge in [-0.2, -0.15) is 0 Å². The molecule has 0 radical (unpaired) electrons. The molecule has 0 aliphatic rings. The fourth-order valence-corrected chi connectivity index (χ4v) is 2.01. The van der Waals surface area contributed by atoms with Crippen molar-refractivity contribution in [3.05, 3.63) is 0 Å². The van der Waals surface area contributed by atoms with Crippen molar-refractivity contribution in [1.82, 2.24) is 4.90 Å². The third-order valence-electron chi connectivity index (χ3n) is 3.17. The highest BCUT2D eigenvalue weighted by molar-refractivity contribution is 5.83. The average molecular weight is 375 g/mol. The molecular formula is C18H33NO7. The SMILES string of the molecule is CC(=O)OCCCN(CCCO)CC(=O)OC(C)(C)C(=O)OC(C)(C)C. The van der Waals surface area contributed by atoms with Crippen molar-refractivity contribution in [2.24, 2.45) is 0 Å². The van der Waals surface area contributed by atoms with E-state index in [4.69, 9.17) is 19.3 Å². The lowest BCUT2D eigenvalue weighted by atomic mass is 10.1. The predicted molar refractivity (Wildman–Crippen MR) is 95.4 cm³/mol. The Morgan fingerprint density at radius 3 is 2.04 bits per heavy atom.